The summed E-state index contributed by atoms with van der Waals surface area (Å²) in [6.45, 7) is 10.9. The molecule has 0 aromatic heterocycles. The van der Waals surface area contributed by atoms with Crippen molar-refractivity contribution in [3.63, 3.8) is 0 Å². The molecule has 0 bridgehead atoms. The SMILES string of the molecule is C=CCCCN(CC)CC1CCCN1. The third-order valence-corrected chi connectivity index (χ3v) is 2.97. The van der Waals surface area contributed by atoms with Crippen molar-refractivity contribution in [2.24, 2.45) is 0 Å². The van der Waals surface area contributed by atoms with Gasteiger partial charge in [-0.2, -0.15) is 0 Å². The van der Waals surface area contributed by atoms with Crippen LogP contribution < -0.4 is 5.32 Å². The quantitative estimate of drug-likeness (QED) is 0.495. The molecule has 0 saturated carbocycles. The molecule has 0 aromatic rings. The standard InChI is InChI=1S/C12H24N2/c1-3-5-6-10-14(4-2)11-12-8-7-9-13-12/h3,12-13H,1,4-11H2,2H3. The molecule has 0 amide bonds. The summed E-state index contributed by atoms with van der Waals surface area (Å²) in [6, 6.07) is 0.749. The van der Waals surface area contributed by atoms with Crippen molar-refractivity contribution in [2.75, 3.05) is 26.2 Å². The monoisotopic (exact) mass is 196 g/mol. The highest BCUT2D eigenvalue weighted by atomic mass is 15.1. The smallest absolute Gasteiger partial charge is 0.0195 e. The van der Waals surface area contributed by atoms with Gasteiger partial charge in [0.25, 0.3) is 0 Å². The lowest BCUT2D eigenvalue weighted by molar-refractivity contribution is 0.259. The Hall–Kier alpha value is -0.340. The maximum atomic E-state index is 3.76. The van der Waals surface area contributed by atoms with E-state index in [-0.39, 0.29) is 0 Å². The molecule has 82 valence electrons. The fourth-order valence-electron chi connectivity index (χ4n) is 2.06. The van der Waals surface area contributed by atoms with E-state index in [0.717, 1.165) is 12.5 Å². The lowest BCUT2D eigenvalue weighted by Gasteiger charge is -2.23. The van der Waals surface area contributed by atoms with Crippen LogP contribution in [0.2, 0.25) is 0 Å². The molecule has 1 fully saturated rings. The van der Waals surface area contributed by atoms with Gasteiger partial charge >= 0.3 is 0 Å². The van der Waals surface area contributed by atoms with Crippen LogP contribution >= 0.6 is 0 Å². The Morgan fingerprint density at radius 3 is 3.00 bits per heavy atom. The minimum absolute atomic E-state index is 0.749. The third kappa shape index (κ3) is 4.25. The Labute approximate surface area is 88.4 Å². The molecule has 1 aliphatic rings. The third-order valence-electron chi connectivity index (χ3n) is 2.97. The molecular weight excluding hydrogens is 172 g/mol. The van der Waals surface area contributed by atoms with E-state index in [9.17, 15) is 0 Å². The van der Waals surface area contributed by atoms with E-state index in [1.54, 1.807) is 0 Å². The molecular formula is C12H24N2. The van der Waals surface area contributed by atoms with Crippen molar-refractivity contribution in [3.8, 4) is 0 Å². The van der Waals surface area contributed by atoms with E-state index < -0.39 is 0 Å². The fraction of sp³-hybridized carbons (Fsp3) is 0.833. The first-order chi connectivity index (χ1) is 6.86. The second-order valence-electron chi connectivity index (χ2n) is 4.12. The molecule has 0 aromatic carbocycles. The van der Waals surface area contributed by atoms with Gasteiger partial charge in [0.2, 0.25) is 0 Å². The van der Waals surface area contributed by atoms with Gasteiger partial charge in [-0.3, -0.25) is 0 Å². The number of hydrogen-bond acceptors (Lipinski definition) is 2. The van der Waals surface area contributed by atoms with E-state index >= 15 is 0 Å². The van der Waals surface area contributed by atoms with Crippen LogP contribution in [0.3, 0.4) is 0 Å². The van der Waals surface area contributed by atoms with Crippen LogP contribution in [-0.2, 0) is 0 Å². The molecule has 0 radical (unpaired) electrons. The first kappa shape index (κ1) is 11.7. The number of nitrogens with one attached hydrogen (secondary N) is 1. The summed E-state index contributed by atoms with van der Waals surface area (Å²) in [5.41, 5.74) is 0. The Morgan fingerprint density at radius 2 is 2.43 bits per heavy atom. The van der Waals surface area contributed by atoms with Crippen molar-refractivity contribution in [3.05, 3.63) is 12.7 Å². The number of allylic oxidation sites excluding steroid dienone is 1. The van der Waals surface area contributed by atoms with Gasteiger partial charge in [-0.25, -0.2) is 0 Å². The van der Waals surface area contributed by atoms with Crippen LogP contribution in [0.1, 0.15) is 32.6 Å². The van der Waals surface area contributed by atoms with Crippen LogP contribution in [0.15, 0.2) is 12.7 Å². The molecule has 1 aliphatic heterocycles. The molecule has 1 saturated heterocycles. The van der Waals surface area contributed by atoms with Crippen LogP contribution in [0.25, 0.3) is 0 Å². The molecule has 2 heteroatoms. The number of unbranched alkanes of at least 4 members (excludes halogenated alkanes) is 1. The highest BCUT2D eigenvalue weighted by Crippen LogP contribution is 2.07. The van der Waals surface area contributed by atoms with Gasteiger partial charge in [-0.1, -0.05) is 13.0 Å². The molecule has 14 heavy (non-hydrogen) atoms. The minimum atomic E-state index is 0.749. The second kappa shape index (κ2) is 7.02. The molecule has 2 nitrogen and oxygen atoms in total. The van der Waals surface area contributed by atoms with E-state index in [0.29, 0.717) is 0 Å². The second-order valence-corrected chi connectivity index (χ2v) is 4.12. The first-order valence-corrected chi connectivity index (χ1v) is 5.93. The first-order valence-electron chi connectivity index (χ1n) is 5.93. The van der Waals surface area contributed by atoms with Crippen molar-refractivity contribution in [1.82, 2.24) is 10.2 Å². The van der Waals surface area contributed by atoms with Crippen molar-refractivity contribution >= 4 is 0 Å². The van der Waals surface area contributed by atoms with Gasteiger partial charge < -0.3 is 10.2 Å². The summed E-state index contributed by atoms with van der Waals surface area (Å²) in [4.78, 5) is 2.55. The molecule has 1 N–H and O–H groups in total. The summed E-state index contributed by atoms with van der Waals surface area (Å²) < 4.78 is 0. The van der Waals surface area contributed by atoms with Gasteiger partial charge in [0.1, 0.15) is 0 Å². The van der Waals surface area contributed by atoms with Crippen molar-refractivity contribution in [1.29, 1.82) is 0 Å². The van der Waals surface area contributed by atoms with E-state index in [4.69, 9.17) is 0 Å². The average molecular weight is 196 g/mol. The highest BCUT2D eigenvalue weighted by Gasteiger charge is 2.16. The molecule has 1 atom stereocenters. The van der Waals surface area contributed by atoms with Gasteiger partial charge in [0.05, 0.1) is 0 Å². The van der Waals surface area contributed by atoms with Crippen LogP contribution in [0.5, 0.6) is 0 Å². The average Bonchev–Trinajstić information content (AvgIpc) is 2.69. The molecule has 1 heterocycles. The Kier molecular flexibility index (Phi) is 5.88. The summed E-state index contributed by atoms with van der Waals surface area (Å²) in [6.07, 6.45) is 7.13. The van der Waals surface area contributed by atoms with E-state index in [1.165, 1.54) is 45.4 Å². The topological polar surface area (TPSA) is 15.3 Å². The highest BCUT2D eigenvalue weighted by molar-refractivity contribution is 4.78. The molecule has 1 unspecified atom stereocenters. The van der Waals surface area contributed by atoms with Gasteiger partial charge in [-0.05, 0) is 45.3 Å². The number of nitrogens with zero attached hydrogens (tertiary/aromatic N) is 1. The van der Waals surface area contributed by atoms with Crippen LogP contribution in [-0.4, -0.2) is 37.1 Å². The lowest BCUT2D eigenvalue weighted by atomic mass is 10.2. The van der Waals surface area contributed by atoms with Crippen molar-refractivity contribution < 1.29 is 0 Å². The van der Waals surface area contributed by atoms with Crippen molar-refractivity contribution in [2.45, 2.75) is 38.6 Å². The Morgan fingerprint density at radius 1 is 1.57 bits per heavy atom. The van der Waals surface area contributed by atoms with Crippen LogP contribution in [0.4, 0.5) is 0 Å². The summed E-state index contributed by atoms with van der Waals surface area (Å²) in [5, 5.41) is 3.55. The summed E-state index contributed by atoms with van der Waals surface area (Å²) in [5.74, 6) is 0. The largest absolute Gasteiger partial charge is 0.313 e. The maximum absolute atomic E-state index is 3.76. The zero-order valence-corrected chi connectivity index (χ0v) is 9.47. The normalized spacial score (nSPS) is 21.7. The summed E-state index contributed by atoms with van der Waals surface area (Å²) >= 11 is 0. The Balaban J connectivity index is 2.13. The van der Waals surface area contributed by atoms with Crippen LogP contribution in [0, 0.1) is 0 Å². The lowest BCUT2D eigenvalue weighted by Crippen LogP contribution is -2.37. The molecule has 0 aliphatic carbocycles. The summed E-state index contributed by atoms with van der Waals surface area (Å²) in [7, 11) is 0. The zero-order valence-electron chi connectivity index (χ0n) is 9.47. The number of likely N-dealkylation sites (N-methyl/N-ethyl adjacent to an activating group) is 1. The molecule has 0 spiro atoms. The van der Waals surface area contributed by atoms with Gasteiger partial charge in [0.15, 0.2) is 0 Å². The Bertz CT molecular complexity index is 150. The molecule has 1 rings (SSSR count). The number of rotatable bonds is 7. The van der Waals surface area contributed by atoms with E-state index in [1.807, 2.05) is 6.08 Å². The predicted molar refractivity (Wildman–Crippen MR) is 62.6 cm³/mol. The predicted octanol–water partition coefficient (Wildman–Crippen LogP) is 2.03. The zero-order chi connectivity index (χ0) is 10.2. The van der Waals surface area contributed by atoms with Gasteiger partial charge in [-0.15, -0.1) is 6.58 Å². The van der Waals surface area contributed by atoms with E-state index in [2.05, 4.69) is 23.7 Å². The minimum Gasteiger partial charge on any atom is -0.313 e. The number of hydrogen-bond donors (Lipinski definition) is 1. The fourth-order valence-corrected chi connectivity index (χ4v) is 2.06. The maximum Gasteiger partial charge on any atom is 0.0195 e. The van der Waals surface area contributed by atoms with Gasteiger partial charge in [0, 0.05) is 12.6 Å².